The van der Waals surface area contributed by atoms with E-state index in [1.54, 1.807) is 18.7 Å². The Kier molecular flexibility index (Phi) is 6.40. The van der Waals surface area contributed by atoms with Gasteiger partial charge in [0, 0.05) is 44.1 Å². The summed E-state index contributed by atoms with van der Waals surface area (Å²) in [5.74, 6) is -3.00. The summed E-state index contributed by atoms with van der Waals surface area (Å²) in [5.41, 5.74) is -0.259. The van der Waals surface area contributed by atoms with Gasteiger partial charge in [-0.15, -0.1) is 0 Å². The molecule has 1 saturated heterocycles. The van der Waals surface area contributed by atoms with Crippen molar-refractivity contribution in [1.29, 1.82) is 0 Å². The first-order valence-electron chi connectivity index (χ1n) is 9.17. The quantitative estimate of drug-likeness (QED) is 0.751. The van der Waals surface area contributed by atoms with E-state index >= 15 is 0 Å². The van der Waals surface area contributed by atoms with E-state index in [1.807, 2.05) is 0 Å². The number of hydrogen-bond donors (Lipinski definition) is 1. The minimum atomic E-state index is -1.27. The zero-order chi connectivity index (χ0) is 21.0. The molecular formula is C19H21F3N4O3. The first-order valence-corrected chi connectivity index (χ1v) is 9.17. The fourth-order valence-electron chi connectivity index (χ4n) is 2.83. The van der Waals surface area contributed by atoms with Gasteiger partial charge in [0.15, 0.2) is 11.6 Å². The van der Waals surface area contributed by atoms with Crippen molar-refractivity contribution < 1.29 is 27.4 Å². The van der Waals surface area contributed by atoms with Crippen LogP contribution < -0.4 is 10.1 Å². The second-order valence-electron chi connectivity index (χ2n) is 6.85. The zero-order valence-corrected chi connectivity index (χ0v) is 16.0. The molecule has 1 aliphatic heterocycles. The number of nitrogens with zero attached hydrogens (tertiary/aromatic N) is 3. The fraction of sp³-hybridized carbons (Fsp3) is 0.421. The standard InChI is InChI=1S/C19H21F3N4O3/c1-11(2)28-19(27)26-5-3-12(4-6-26)29-18-9-17(23-10-24-18)25-16-8-14(21)13(20)7-15(16)22/h7-12H,3-6H2,1-2H3,(H,23,24,25). The number of benzene rings is 1. The Balaban J connectivity index is 1.58. The van der Waals surface area contributed by atoms with Gasteiger partial charge in [-0.3, -0.25) is 0 Å². The van der Waals surface area contributed by atoms with Gasteiger partial charge in [-0.1, -0.05) is 0 Å². The summed E-state index contributed by atoms with van der Waals surface area (Å²) in [6.07, 6.45) is 1.71. The van der Waals surface area contributed by atoms with Crippen molar-refractivity contribution in [2.75, 3.05) is 18.4 Å². The zero-order valence-electron chi connectivity index (χ0n) is 16.0. The molecule has 29 heavy (non-hydrogen) atoms. The Labute approximate surface area is 165 Å². The lowest BCUT2D eigenvalue weighted by atomic mass is 10.1. The van der Waals surface area contributed by atoms with Crippen LogP contribution in [0.1, 0.15) is 26.7 Å². The molecule has 0 bridgehead atoms. The van der Waals surface area contributed by atoms with Crippen LogP contribution in [0.3, 0.4) is 0 Å². The molecule has 0 atom stereocenters. The van der Waals surface area contributed by atoms with Crippen molar-refractivity contribution >= 4 is 17.6 Å². The number of ether oxygens (including phenoxy) is 2. The van der Waals surface area contributed by atoms with Crippen LogP contribution in [0.5, 0.6) is 5.88 Å². The van der Waals surface area contributed by atoms with Gasteiger partial charge in [0.1, 0.15) is 24.1 Å². The molecule has 1 N–H and O–H groups in total. The average Bonchev–Trinajstić information content (AvgIpc) is 2.66. The summed E-state index contributed by atoms with van der Waals surface area (Å²) >= 11 is 0. The Morgan fingerprint density at radius 2 is 1.79 bits per heavy atom. The van der Waals surface area contributed by atoms with Gasteiger partial charge in [-0.25, -0.2) is 27.9 Å². The predicted molar refractivity (Wildman–Crippen MR) is 98.5 cm³/mol. The summed E-state index contributed by atoms with van der Waals surface area (Å²) in [5, 5.41) is 2.58. The maximum absolute atomic E-state index is 13.8. The number of piperidine rings is 1. The molecule has 0 unspecified atom stereocenters. The maximum atomic E-state index is 13.8. The van der Waals surface area contributed by atoms with Crippen LogP contribution in [-0.4, -0.2) is 46.3 Å². The molecular weight excluding hydrogens is 389 g/mol. The van der Waals surface area contributed by atoms with Crippen molar-refractivity contribution in [3.8, 4) is 5.88 Å². The number of likely N-dealkylation sites (tertiary alicyclic amines) is 1. The minimum absolute atomic E-state index is 0.165. The average molecular weight is 410 g/mol. The van der Waals surface area contributed by atoms with Crippen LogP contribution in [0.15, 0.2) is 24.5 Å². The molecule has 0 saturated carbocycles. The van der Waals surface area contributed by atoms with Crippen molar-refractivity contribution in [2.45, 2.75) is 38.9 Å². The van der Waals surface area contributed by atoms with E-state index in [1.165, 1.54) is 12.4 Å². The molecule has 1 aromatic heterocycles. The molecule has 1 aliphatic rings. The number of carbonyl (C=O) groups excluding carboxylic acids is 1. The third-order valence-corrected chi connectivity index (χ3v) is 4.24. The number of anilines is 2. The van der Waals surface area contributed by atoms with Crippen LogP contribution >= 0.6 is 0 Å². The van der Waals surface area contributed by atoms with Gasteiger partial charge in [0.05, 0.1) is 11.8 Å². The second kappa shape index (κ2) is 8.97. The van der Waals surface area contributed by atoms with Crippen LogP contribution in [-0.2, 0) is 4.74 Å². The third kappa shape index (κ3) is 5.49. The Hall–Kier alpha value is -3.04. The number of amides is 1. The molecule has 0 aliphatic carbocycles. The first-order chi connectivity index (χ1) is 13.8. The van der Waals surface area contributed by atoms with Crippen LogP contribution in [0.2, 0.25) is 0 Å². The molecule has 10 heteroatoms. The topological polar surface area (TPSA) is 76.6 Å². The minimum Gasteiger partial charge on any atom is -0.474 e. The molecule has 1 amide bonds. The Bertz CT molecular complexity index is 874. The second-order valence-corrected chi connectivity index (χ2v) is 6.85. The van der Waals surface area contributed by atoms with E-state index in [9.17, 15) is 18.0 Å². The third-order valence-electron chi connectivity index (χ3n) is 4.24. The largest absolute Gasteiger partial charge is 0.474 e. The van der Waals surface area contributed by atoms with Crippen LogP contribution in [0.4, 0.5) is 29.5 Å². The van der Waals surface area contributed by atoms with Crippen molar-refractivity contribution in [2.24, 2.45) is 0 Å². The molecule has 1 aromatic carbocycles. The van der Waals surface area contributed by atoms with E-state index in [4.69, 9.17) is 9.47 Å². The molecule has 2 heterocycles. The lowest BCUT2D eigenvalue weighted by Gasteiger charge is -2.31. The summed E-state index contributed by atoms with van der Waals surface area (Å²) < 4.78 is 51.2. The fourth-order valence-corrected chi connectivity index (χ4v) is 2.83. The maximum Gasteiger partial charge on any atom is 0.410 e. The normalized spacial score (nSPS) is 14.8. The number of carbonyl (C=O) groups is 1. The first kappa shape index (κ1) is 20.7. The predicted octanol–water partition coefficient (Wildman–Crippen LogP) is 4.03. The van der Waals surface area contributed by atoms with E-state index in [0.717, 1.165) is 0 Å². The lowest BCUT2D eigenvalue weighted by molar-refractivity contribution is 0.0507. The van der Waals surface area contributed by atoms with E-state index in [2.05, 4.69) is 15.3 Å². The van der Waals surface area contributed by atoms with Crippen LogP contribution in [0, 0.1) is 17.5 Å². The molecule has 0 spiro atoms. The summed E-state index contributed by atoms with van der Waals surface area (Å²) in [6.45, 7) is 4.57. The molecule has 0 radical (unpaired) electrons. The van der Waals surface area contributed by atoms with Crippen molar-refractivity contribution in [3.05, 3.63) is 42.0 Å². The number of halogens is 3. The molecule has 2 aromatic rings. The summed E-state index contributed by atoms with van der Waals surface area (Å²) in [7, 11) is 0. The van der Waals surface area contributed by atoms with Gasteiger partial charge in [0.2, 0.25) is 5.88 Å². The summed E-state index contributed by atoms with van der Waals surface area (Å²) in [6, 6.07) is 2.59. The van der Waals surface area contributed by atoms with Crippen LogP contribution in [0.25, 0.3) is 0 Å². The molecule has 3 rings (SSSR count). The number of rotatable bonds is 5. The van der Waals surface area contributed by atoms with Crippen molar-refractivity contribution in [1.82, 2.24) is 14.9 Å². The highest BCUT2D eigenvalue weighted by Gasteiger charge is 2.25. The van der Waals surface area contributed by atoms with E-state index < -0.39 is 17.5 Å². The van der Waals surface area contributed by atoms with Gasteiger partial charge < -0.3 is 19.7 Å². The van der Waals surface area contributed by atoms with Gasteiger partial charge in [-0.05, 0) is 13.8 Å². The molecule has 7 nitrogen and oxygen atoms in total. The monoisotopic (exact) mass is 410 g/mol. The van der Waals surface area contributed by atoms with E-state index in [0.29, 0.717) is 38.1 Å². The SMILES string of the molecule is CC(C)OC(=O)N1CCC(Oc2cc(Nc3cc(F)c(F)cc3F)ncn2)CC1. The van der Waals surface area contributed by atoms with Gasteiger partial charge >= 0.3 is 6.09 Å². The highest BCUT2D eigenvalue weighted by Crippen LogP contribution is 2.24. The van der Waals surface area contributed by atoms with Gasteiger partial charge in [0.25, 0.3) is 0 Å². The van der Waals surface area contributed by atoms with E-state index in [-0.39, 0.29) is 35.7 Å². The summed E-state index contributed by atoms with van der Waals surface area (Å²) in [4.78, 5) is 21.5. The molecule has 156 valence electrons. The highest BCUT2D eigenvalue weighted by atomic mass is 19.2. The number of nitrogens with one attached hydrogen (secondary N) is 1. The van der Waals surface area contributed by atoms with Crippen molar-refractivity contribution in [3.63, 3.8) is 0 Å². The number of hydrogen-bond acceptors (Lipinski definition) is 6. The Morgan fingerprint density at radius 3 is 2.48 bits per heavy atom. The van der Waals surface area contributed by atoms with Gasteiger partial charge in [-0.2, -0.15) is 0 Å². The lowest BCUT2D eigenvalue weighted by Crippen LogP contribution is -2.42. The number of aromatic nitrogens is 2. The molecule has 1 fully saturated rings. The Morgan fingerprint density at radius 1 is 1.10 bits per heavy atom. The smallest absolute Gasteiger partial charge is 0.410 e. The highest BCUT2D eigenvalue weighted by molar-refractivity contribution is 5.67.